The maximum atomic E-state index is 6.03. The Hall–Kier alpha value is 0.110. The number of rotatable bonds is 7. The molecule has 0 aliphatic carbocycles. The summed E-state index contributed by atoms with van der Waals surface area (Å²) >= 11 is 13.9. The lowest BCUT2D eigenvalue weighted by atomic mass is 10.1. The molecule has 102 valence electrons. The van der Waals surface area contributed by atoms with Gasteiger partial charge in [-0.05, 0) is 42.8 Å². The van der Waals surface area contributed by atoms with Gasteiger partial charge in [-0.25, -0.2) is 0 Å². The Morgan fingerprint density at radius 3 is 2.44 bits per heavy atom. The molecule has 0 radical (unpaired) electrons. The van der Waals surface area contributed by atoms with Gasteiger partial charge in [0.25, 0.3) is 0 Å². The monoisotopic (exact) mass is 305 g/mol. The van der Waals surface area contributed by atoms with Crippen molar-refractivity contribution < 1.29 is 0 Å². The molecule has 1 rings (SSSR count). The Balaban J connectivity index is 2.49. The summed E-state index contributed by atoms with van der Waals surface area (Å²) in [5, 5.41) is 4.62. The van der Waals surface area contributed by atoms with Crippen molar-refractivity contribution in [1.29, 1.82) is 0 Å². The predicted octanol–water partition coefficient (Wildman–Crippen LogP) is 4.51. The third-order valence-corrected chi connectivity index (χ3v) is 4.92. The van der Waals surface area contributed by atoms with Crippen LogP contribution in [0.4, 0.5) is 0 Å². The Bertz CT molecular complexity index is 369. The minimum Gasteiger partial charge on any atom is -0.316 e. The van der Waals surface area contributed by atoms with Gasteiger partial charge in [0.2, 0.25) is 0 Å². The van der Waals surface area contributed by atoms with Crippen LogP contribution in [0, 0.1) is 5.92 Å². The number of halogens is 2. The van der Waals surface area contributed by atoms with Gasteiger partial charge in [-0.15, -0.1) is 0 Å². The van der Waals surface area contributed by atoms with Gasteiger partial charge in [0, 0.05) is 11.8 Å². The predicted molar refractivity (Wildman–Crippen MR) is 85.2 cm³/mol. The molecule has 1 nitrogen and oxygen atoms in total. The van der Waals surface area contributed by atoms with Crippen LogP contribution in [0.3, 0.4) is 0 Å². The van der Waals surface area contributed by atoms with Crippen LogP contribution >= 0.6 is 35.0 Å². The molecule has 1 aromatic rings. The summed E-state index contributed by atoms with van der Waals surface area (Å²) in [6.07, 6.45) is 0.985. The lowest BCUT2D eigenvalue weighted by Crippen LogP contribution is -2.30. The topological polar surface area (TPSA) is 12.0 Å². The molecule has 0 saturated heterocycles. The summed E-state index contributed by atoms with van der Waals surface area (Å²) in [5.41, 5.74) is 1.23. The second-order valence-corrected chi connectivity index (χ2v) is 6.76. The molecule has 0 fully saturated rings. The number of thioether (sulfide) groups is 1. The van der Waals surface area contributed by atoms with E-state index in [0.717, 1.165) is 18.1 Å². The number of likely N-dealkylation sites (N-methyl/N-ethyl adjacent to an activating group) is 1. The largest absolute Gasteiger partial charge is 0.316 e. The summed E-state index contributed by atoms with van der Waals surface area (Å²) in [5.74, 6) is 3.08. The molecule has 4 heteroatoms. The van der Waals surface area contributed by atoms with Gasteiger partial charge in [0.1, 0.15) is 0 Å². The van der Waals surface area contributed by atoms with Crippen molar-refractivity contribution in [3.05, 3.63) is 33.8 Å². The van der Waals surface area contributed by atoms with Gasteiger partial charge in [-0.1, -0.05) is 43.1 Å². The van der Waals surface area contributed by atoms with Gasteiger partial charge in [-0.2, -0.15) is 11.8 Å². The molecule has 0 amide bonds. The Kier molecular flexibility index (Phi) is 7.47. The quantitative estimate of drug-likeness (QED) is 0.795. The standard InChI is InChI=1S/C14H21Cl2NS/c1-10(2)8-18-9-12(17-3)6-11-4-5-13(15)14(16)7-11/h4-5,7,10,12,17H,6,8-9H2,1-3H3. The molecular formula is C14H21Cl2NS. The first kappa shape index (κ1) is 16.2. The maximum Gasteiger partial charge on any atom is 0.0595 e. The fraction of sp³-hybridized carbons (Fsp3) is 0.571. The average Bonchev–Trinajstić information content (AvgIpc) is 2.32. The fourth-order valence-electron chi connectivity index (χ4n) is 1.64. The first-order valence-electron chi connectivity index (χ1n) is 6.22. The van der Waals surface area contributed by atoms with Crippen molar-refractivity contribution in [1.82, 2.24) is 5.32 Å². The molecule has 0 aliphatic rings. The lowest BCUT2D eigenvalue weighted by molar-refractivity contribution is 0.616. The van der Waals surface area contributed by atoms with E-state index < -0.39 is 0 Å². The summed E-state index contributed by atoms with van der Waals surface area (Å²) in [7, 11) is 2.01. The van der Waals surface area contributed by atoms with Crippen LogP contribution in [-0.2, 0) is 6.42 Å². The van der Waals surface area contributed by atoms with Gasteiger partial charge in [0.05, 0.1) is 10.0 Å². The first-order valence-corrected chi connectivity index (χ1v) is 8.13. The van der Waals surface area contributed by atoms with Gasteiger partial charge in [0.15, 0.2) is 0 Å². The normalized spacial score (nSPS) is 13.0. The van der Waals surface area contributed by atoms with Crippen molar-refractivity contribution in [2.75, 3.05) is 18.6 Å². The molecule has 1 unspecified atom stereocenters. The smallest absolute Gasteiger partial charge is 0.0595 e. The van der Waals surface area contributed by atoms with Crippen molar-refractivity contribution in [3.8, 4) is 0 Å². The zero-order chi connectivity index (χ0) is 13.5. The molecule has 0 heterocycles. The SMILES string of the molecule is CNC(CSCC(C)C)Cc1ccc(Cl)c(Cl)c1. The van der Waals surface area contributed by atoms with Crippen molar-refractivity contribution in [2.24, 2.45) is 5.92 Å². The summed E-state index contributed by atoms with van der Waals surface area (Å²) < 4.78 is 0. The molecule has 1 N–H and O–H groups in total. The van der Waals surface area contributed by atoms with E-state index in [1.165, 1.54) is 11.3 Å². The zero-order valence-electron chi connectivity index (χ0n) is 11.2. The third-order valence-electron chi connectivity index (χ3n) is 2.64. The van der Waals surface area contributed by atoms with E-state index >= 15 is 0 Å². The Morgan fingerprint density at radius 1 is 1.17 bits per heavy atom. The highest BCUT2D eigenvalue weighted by molar-refractivity contribution is 7.99. The lowest BCUT2D eigenvalue weighted by Gasteiger charge is -2.17. The van der Waals surface area contributed by atoms with Gasteiger partial charge >= 0.3 is 0 Å². The third kappa shape index (κ3) is 5.83. The van der Waals surface area contributed by atoms with Crippen LogP contribution in [0.2, 0.25) is 10.0 Å². The summed E-state index contributed by atoms with van der Waals surface area (Å²) in [4.78, 5) is 0. The molecule has 0 bridgehead atoms. The van der Waals surface area contributed by atoms with Crippen LogP contribution < -0.4 is 5.32 Å². The van der Waals surface area contributed by atoms with Crippen LogP contribution in [0.1, 0.15) is 19.4 Å². The highest BCUT2D eigenvalue weighted by atomic mass is 35.5. The molecule has 0 saturated carbocycles. The van der Waals surface area contributed by atoms with Crippen LogP contribution in [0.5, 0.6) is 0 Å². The van der Waals surface area contributed by atoms with Gasteiger partial charge in [-0.3, -0.25) is 0 Å². The number of hydrogen-bond acceptors (Lipinski definition) is 2. The van der Waals surface area contributed by atoms with Crippen LogP contribution in [0.15, 0.2) is 18.2 Å². The van der Waals surface area contributed by atoms with E-state index in [0.29, 0.717) is 16.1 Å². The van der Waals surface area contributed by atoms with Crippen molar-refractivity contribution in [2.45, 2.75) is 26.3 Å². The number of hydrogen-bond donors (Lipinski definition) is 1. The van der Waals surface area contributed by atoms with Crippen LogP contribution in [0.25, 0.3) is 0 Å². The Labute approximate surface area is 125 Å². The number of benzene rings is 1. The van der Waals surface area contributed by atoms with Crippen molar-refractivity contribution >= 4 is 35.0 Å². The average molecular weight is 306 g/mol. The Morgan fingerprint density at radius 2 is 1.89 bits per heavy atom. The molecular weight excluding hydrogens is 285 g/mol. The van der Waals surface area contributed by atoms with E-state index in [1.807, 2.05) is 37.0 Å². The summed E-state index contributed by atoms with van der Waals surface area (Å²) in [6.45, 7) is 4.50. The molecule has 1 aromatic carbocycles. The van der Waals surface area contributed by atoms with Crippen molar-refractivity contribution in [3.63, 3.8) is 0 Å². The van der Waals surface area contributed by atoms with Crippen LogP contribution in [-0.4, -0.2) is 24.6 Å². The number of nitrogens with one attached hydrogen (secondary N) is 1. The van der Waals surface area contributed by atoms with E-state index in [4.69, 9.17) is 23.2 Å². The summed E-state index contributed by atoms with van der Waals surface area (Å²) in [6, 6.07) is 6.35. The fourth-order valence-corrected chi connectivity index (χ4v) is 3.14. The van der Waals surface area contributed by atoms with E-state index in [9.17, 15) is 0 Å². The highest BCUT2D eigenvalue weighted by Gasteiger charge is 2.09. The van der Waals surface area contributed by atoms with Gasteiger partial charge < -0.3 is 5.32 Å². The second-order valence-electron chi connectivity index (χ2n) is 4.87. The molecule has 0 aliphatic heterocycles. The highest BCUT2D eigenvalue weighted by Crippen LogP contribution is 2.23. The second kappa shape index (κ2) is 8.31. The van der Waals surface area contributed by atoms with E-state index in [1.54, 1.807) is 0 Å². The minimum absolute atomic E-state index is 0.478. The van der Waals surface area contributed by atoms with E-state index in [-0.39, 0.29) is 0 Å². The molecule has 18 heavy (non-hydrogen) atoms. The minimum atomic E-state index is 0.478. The maximum absolute atomic E-state index is 6.03. The molecule has 1 atom stereocenters. The zero-order valence-corrected chi connectivity index (χ0v) is 13.5. The molecule has 0 spiro atoms. The van der Waals surface area contributed by atoms with E-state index in [2.05, 4.69) is 19.2 Å². The first-order chi connectivity index (χ1) is 8.52. The molecule has 0 aromatic heterocycles.